The SMILES string of the molecule is Nc1cccc(-c2cnc(N)nc2-c2cccnc2)c1. The smallest absolute Gasteiger partial charge is 0.220 e. The quantitative estimate of drug-likeness (QED) is 0.693. The molecule has 1 aromatic carbocycles. The maximum atomic E-state index is 5.84. The standard InChI is InChI=1S/C15H13N5/c16-12-5-1-3-10(7-12)13-9-19-15(17)20-14(13)11-4-2-6-18-8-11/h1-9H,16H2,(H2,17,19,20). The summed E-state index contributed by atoms with van der Waals surface area (Å²) in [5, 5.41) is 0. The minimum absolute atomic E-state index is 0.233. The molecule has 20 heavy (non-hydrogen) atoms. The lowest BCUT2D eigenvalue weighted by Crippen LogP contribution is -1.99. The molecule has 0 saturated carbocycles. The third-order valence-corrected chi connectivity index (χ3v) is 2.94. The van der Waals surface area contributed by atoms with Crippen LogP contribution in [0.25, 0.3) is 22.4 Å². The molecular weight excluding hydrogens is 250 g/mol. The molecule has 0 unspecified atom stereocenters. The van der Waals surface area contributed by atoms with E-state index in [1.807, 2.05) is 36.4 Å². The van der Waals surface area contributed by atoms with Crippen molar-refractivity contribution >= 4 is 11.6 Å². The predicted octanol–water partition coefficient (Wildman–Crippen LogP) is 2.37. The van der Waals surface area contributed by atoms with Crippen molar-refractivity contribution in [2.24, 2.45) is 0 Å². The van der Waals surface area contributed by atoms with Crippen molar-refractivity contribution in [1.82, 2.24) is 15.0 Å². The molecule has 5 heteroatoms. The summed E-state index contributed by atoms with van der Waals surface area (Å²) in [5.74, 6) is 0.233. The lowest BCUT2D eigenvalue weighted by atomic mass is 10.0. The maximum Gasteiger partial charge on any atom is 0.220 e. The van der Waals surface area contributed by atoms with Crippen LogP contribution >= 0.6 is 0 Å². The molecule has 0 aliphatic rings. The number of benzene rings is 1. The summed E-state index contributed by atoms with van der Waals surface area (Å²) in [6, 6.07) is 11.4. The normalized spacial score (nSPS) is 10.4. The number of pyridine rings is 1. The average Bonchev–Trinajstić information content (AvgIpc) is 2.48. The third kappa shape index (κ3) is 2.29. The molecule has 0 fully saturated rings. The second-order valence-electron chi connectivity index (χ2n) is 4.36. The number of anilines is 2. The van der Waals surface area contributed by atoms with Crippen molar-refractivity contribution in [3.8, 4) is 22.4 Å². The molecule has 4 N–H and O–H groups in total. The Labute approximate surface area is 116 Å². The molecule has 0 saturated heterocycles. The predicted molar refractivity (Wildman–Crippen MR) is 79.5 cm³/mol. The molecule has 2 aromatic heterocycles. The minimum atomic E-state index is 0.233. The van der Waals surface area contributed by atoms with Crippen LogP contribution in [0.15, 0.2) is 55.0 Å². The van der Waals surface area contributed by atoms with Crippen LogP contribution in [0.2, 0.25) is 0 Å². The Hall–Kier alpha value is -2.95. The van der Waals surface area contributed by atoms with E-state index in [4.69, 9.17) is 11.5 Å². The molecular formula is C15H13N5. The highest BCUT2D eigenvalue weighted by Crippen LogP contribution is 2.30. The van der Waals surface area contributed by atoms with Crippen molar-refractivity contribution < 1.29 is 0 Å². The Kier molecular flexibility index (Phi) is 3.01. The second kappa shape index (κ2) is 4.97. The van der Waals surface area contributed by atoms with E-state index in [-0.39, 0.29) is 5.95 Å². The largest absolute Gasteiger partial charge is 0.399 e. The van der Waals surface area contributed by atoms with E-state index in [9.17, 15) is 0 Å². The van der Waals surface area contributed by atoms with Gasteiger partial charge in [0.1, 0.15) is 0 Å². The van der Waals surface area contributed by atoms with Gasteiger partial charge in [-0.1, -0.05) is 12.1 Å². The molecule has 3 rings (SSSR count). The molecule has 0 bridgehead atoms. The van der Waals surface area contributed by atoms with Gasteiger partial charge < -0.3 is 11.5 Å². The summed E-state index contributed by atoms with van der Waals surface area (Å²) < 4.78 is 0. The van der Waals surface area contributed by atoms with Gasteiger partial charge in [-0.25, -0.2) is 9.97 Å². The van der Waals surface area contributed by atoms with E-state index >= 15 is 0 Å². The Morgan fingerprint density at radius 1 is 0.900 bits per heavy atom. The third-order valence-electron chi connectivity index (χ3n) is 2.94. The topological polar surface area (TPSA) is 90.7 Å². The van der Waals surface area contributed by atoms with Crippen molar-refractivity contribution in [2.45, 2.75) is 0 Å². The summed E-state index contributed by atoms with van der Waals surface area (Å²) in [5.41, 5.74) is 15.7. The van der Waals surface area contributed by atoms with Crippen LogP contribution in [0.1, 0.15) is 0 Å². The van der Waals surface area contributed by atoms with Crippen LogP contribution in [0.3, 0.4) is 0 Å². The van der Waals surface area contributed by atoms with Crippen molar-refractivity contribution in [3.63, 3.8) is 0 Å². The molecule has 2 heterocycles. The first-order valence-corrected chi connectivity index (χ1v) is 6.13. The number of nitrogens with zero attached hydrogens (tertiary/aromatic N) is 3. The zero-order valence-electron chi connectivity index (χ0n) is 10.7. The molecule has 0 spiro atoms. The van der Waals surface area contributed by atoms with Crippen LogP contribution in [-0.4, -0.2) is 15.0 Å². The minimum Gasteiger partial charge on any atom is -0.399 e. The summed E-state index contributed by atoms with van der Waals surface area (Å²) in [6.07, 6.45) is 5.17. The van der Waals surface area contributed by atoms with Gasteiger partial charge in [-0.05, 0) is 29.8 Å². The molecule has 0 atom stereocenters. The highest BCUT2D eigenvalue weighted by atomic mass is 15.0. The number of rotatable bonds is 2. The fourth-order valence-electron chi connectivity index (χ4n) is 2.04. The van der Waals surface area contributed by atoms with Crippen molar-refractivity contribution in [1.29, 1.82) is 0 Å². The van der Waals surface area contributed by atoms with Crippen LogP contribution in [0.5, 0.6) is 0 Å². The van der Waals surface area contributed by atoms with Gasteiger partial charge >= 0.3 is 0 Å². The van der Waals surface area contributed by atoms with Gasteiger partial charge in [-0.2, -0.15) is 0 Å². The first kappa shape index (κ1) is 12.1. The van der Waals surface area contributed by atoms with E-state index in [1.165, 1.54) is 0 Å². The number of hydrogen-bond acceptors (Lipinski definition) is 5. The lowest BCUT2D eigenvalue weighted by Gasteiger charge is -2.09. The van der Waals surface area contributed by atoms with Gasteiger partial charge in [0.2, 0.25) is 5.95 Å². The highest BCUT2D eigenvalue weighted by molar-refractivity contribution is 5.81. The summed E-state index contributed by atoms with van der Waals surface area (Å²) in [4.78, 5) is 12.5. The Morgan fingerprint density at radius 2 is 1.75 bits per heavy atom. The second-order valence-corrected chi connectivity index (χ2v) is 4.36. The van der Waals surface area contributed by atoms with Crippen LogP contribution in [0, 0.1) is 0 Å². The zero-order chi connectivity index (χ0) is 13.9. The van der Waals surface area contributed by atoms with Crippen molar-refractivity contribution in [2.75, 3.05) is 11.5 Å². The first-order valence-electron chi connectivity index (χ1n) is 6.13. The first-order chi connectivity index (χ1) is 9.74. The van der Waals surface area contributed by atoms with E-state index in [0.717, 1.165) is 22.4 Å². The fourth-order valence-corrected chi connectivity index (χ4v) is 2.04. The molecule has 0 amide bonds. The van der Waals surface area contributed by atoms with E-state index in [2.05, 4.69) is 15.0 Å². The molecule has 0 aliphatic heterocycles. The van der Waals surface area contributed by atoms with Gasteiger partial charge in [0, 0.05) is 35.4 Å². The number of nitrogens with two attached hydrogens (primary N) is 2. The highest BCUT2D eigenvalue weighted by Gasteiger charge is 2.11. The number of aromatic nitrogens is 3. The molecule has 5 nitrogen and oxygen atoms in total. The van der Waals surface area contributed by atoms with Gasteiger partial charge in [0.15, 0.2) is 0 Å². The van der Waals surface area contributed by atoms with Crippen LogP contribution in [0.4, 0.5) is 11.6 Å². The van der Waals surface area contributed by atoms with Gasteiger partial charge in [-0.15, -0.1) is 0 Å². The van der Waals surface area contributed by atoms with Crippen LogP contribution in [-0.2, 0) is 0 Å². The summed E-state index contributed by atoms with van der Waals surface area (Å²) >= 11 is 0. The molecule has 0 aliphatic carbocycles. The zero-order valence-corrected chi connectivity index (χ0v) is 10.7. The average molecular weight is 263 g/mol. The fraction of sp³-hybridized carbons (Fsp3) is 0. The summed E-state index contributed by atoms with van der Waals surface area (Å²) in [6.45, 7) is 0. The van der Waals surface area contributed by atoms with E-state index in [0.29, 0.717) is 5.69 Å². The van der Waals surface area contributed by atoms with Gasteiger partial charge in [0.25, 0.3) is 0 Å². The van der Waals surface area contributed by atoms with Crippen molar-refractivity contribution in [3.05, 3.63) is 55.0 Å². The summed E-state index contributed by atoms with van der Waals surface area (Å²) in [7, 11) is 0. The van der Waals surface area contributed by atoms with Crippen LogP contribution < -0.4 is 11.5 Å². The Balaban J connectivity index is 2.22. The van der Waals surface area contributed by atoms with Gasteiger partial charge in [-0.3, -0.25) is 4.98 Å². The van der Waals surface area contributed by atoms with E-state index < -0.39 is 0 Å². The lowest BCUT2D eigenvalue weighted by molar-refractivity contribution is 1.18. The number of nitrogen functional groups attached to an aromatic ring is 2. The monoisotopic (exact) mass is 263 g/mol. The van der Waals surface area contributed by atoms with Gasteiger partial charge in [0.05, 0.1) is 5.69 Å². The number of hydrogen-bond donors (Lipinski definition) is 2. The Morgan fingerprint density at radius 3 is 2.50 bits per heavy atom. The molecule has 3 aromatic rings. The molecule has 98 valence electrons. The maximum absolute atomic E-state index is 5.84. The Bertz CT molecular complexity index is 740. The molecule has 0 radical (unpaired) electrons. The van der Waals surface area contributed by atoms with E-state index in [1.54, 1.807) is 18.6 Å².